The first-order valence-corrected chi connectivity index (χ1v) is 6.12. The first kappa shape index (κ1) is 12.1. The Morgan fingerprint density at radius 3 is 3.00 bits per heavy atom. The van der Waals surface area contributed by atoms with E-state index in [4.69, 9.17) is 5.73 Å². The van der Waals surface area contributed by atoms with Crippen molar-refractivity contribution in [3.05, 3.63) is 22.2 Å². The summed E-state index contributed by atoms with van der Waals surface area (Å²) in [5.74, 6) is 1.92. The van der Waals surface area contributed by atoms with Crippen LogP contribution in [0.4, 0.5) is 5.82 Å². The van der Waals surface area contributed by atoms with Gasteiger partial charge in [0.2, 0.25) is 0 Å². The van der Waals surface area contributed by atoms with Gasteiger partial charge in [0.15, 0.2) is 0 Å². The Labute approximate surface area is 101 Å². The summed E-state index contributed by atoms with van der Waals surface area (Å²) in [4.78, 5) is 20.6. The molecule has 2 rings (SSSR count). The molecule has 17 heavy (non-hydrogen) atoms. The van der Waals surface area contributed by atoms with Crippen molar-refractivity contribution in [2.45, 2.75) is 32.2 Å². The minimum atomic E-state index is -0.0957. The van der Waals surface area contributed by atoms with Crippen LogP contribution in [0.1, 0.15) is 25.1 Å². The van der Waals surface area contributed by atoms with E-state index in [9.17, 15) is 4.79 Å². The molecule has 1 aromatic rings. The molecule has 3 N–H and O–H groups in total. The molecule has 1 heterocycles. The molecule has 1 aliphatic rings. The Bertz CT molecular complexity index is 442. The first-order chi connectivity index (χ1) is 8.11. The largest absolute Gasteiger partial charge is 0.356 e. The number of anilines is 1. The van der Waals surface area contributed by atoms with Crippen molar-refractivity contribution in [2.24, 2.45) is 11.7 Å². The third kappa shape index (κ3) is 2.49. The highest BCUT2D eigenvalue weighted by Gasteiger charge is 2.30. The normalized spacial score (nSPS) is 23.9. The van der Waals surface area contributed by atoms with E-state index in [1.807, 2.05) is 7.05 Å². The van der Waals surface area contributed by atoms with Gasteiger partial charge in [-0.1, -0.05) is 6.42 Å². The standard InChI is InChI=1S/C12H20N4O/c1-8-14-11(6-12(17)15-8)16(2)10-5-3-4-9(10)7-13/h6,9-10H,3-5,7,13H2,1-2H3,(H,14,15,17). The van der Waals surface area contributed by atoms with Crippen LogP contribution in [-0.4, -0.2) is 29.6 Å². The summed E-state index contributed by atoms with van der Waals surface area (Å²) in [5, 5.41) is 0. The molecule has 5 nitrogen and oxygen atoms in total. The Hall–Kier alpha value is -1.36. The summed E-state index contributed by atoms with van der Waals surface area (Å²) in [7, 11) is 2.00. The van der Waals surface area contributed by atoms with Gasteiger partial charge >= 0.3 is 0 Å². The van der Waals surface area contributed by atoms with E-state index in [-0.39, 0.29) is 5.56 Å². The second-order valence-electron chi connectivity index (χ2n) is 4.79. The summed E-state index contributed by atoms with van der Waals surface area (Å²) in [5.41, 5.74) is 5.69. The quantitative estimate of drug-likeness (QED) is 0.807. The van der Waals surface area contributed by atoms with Crippen LogP contribution < -0.4 is 16.2 Å². The molecule has 2 unspecified atom stereocenters. The number of nitrogens with two attached hydrogens (primary N) is 1. The van der Waals surface area contributed by atoms with Crippen molar-refractivity contribution in [1.82, 2.24) is 9.97 Å². The molecule has 5 heteroatoms. The van der Waals surface area contributed by atoms with E-state index in [0.29, 0.717) is 24.3 Å². The third-order valence-corrected chi connectivity index (χ3v) is 3.63. The van der Waals surface area contributed by atoms with Crippen LogP contribution in [0.5, 0.6) is 0 Å². The molecule has 0 aromatic carbocycles. The lowest BCUT2D eigenvalue weighted by atomic mass is 10.0. The highest BCUT2D eigenvalue weighted by Crippen LogP contribution is 2.30. The second-order valence-corrected chi connectivity index (χ2v) is 4.79. The molecule has 94 valence electrons. The number of nitrogens with one attached hydrogen (secondary N) is 1. The van der Waals surface area contributed by atoms with Crippen LogP contribution in [0, 0.1) is 12.8 Å². The molecule has 0 amide bonds. The molecule has 0 spiro atoms. The zero-order valence-corrected chi connectivity index (χ0v) is 10.4. The number of hydrogen-bond acceptors (Lipinski definition) is 4. The molecule has 2 atom stereocenters. The maximum absolute atomic E-state index is 11.4. The zero-order chi connectivity index (χ0) is 12.4. The van der Waals surface area contributed by atoms with Crippen molar-refractivity contribution < 1.29 is 0 Å². The monoisotopic (exact) mass is 236 g/mol. The Morgan fingerprint density at radius 1 is 1.59 bits per heavy atom. The van der Waals surface area contributed by atoms with Crippen LogP contribution in [0.2, 0.25) is 0 Å². The van der Waals surface area contributed by atoms with E-state index in [1.165, 1.54) is 12.8 Å². The van der Waals surface area contributed by atoms with Crippen molar-refractivity contribution in [3.63, 3.8) is 0 Å². The molecule has 0 bridgehead atoms. The van der Waals surface area contributed by atoms with Crippen molar-refractivity contribution >= 4 is 5.82 Å². The lowest BCUT2D eigenvalue weighted by Gasteiger charge is -2.30. The van der Waals surface area contributed by atoms with Crippen LogP contribution in [-0.2, 0) is 0 Å². The Kier molecular flexibility index (Phi) is 3.47. The lowest BCUT2D eigenvalue weighted by Crippen LogP contribution is -2.38. The topological polar surface area (TPSA) is 75.0 Å². The summed E-state index contributed by atoms with van der Waals surface area (Å²) in [6.07, 6.45) is 3.51. The van der Waals surface area contributed by atoms with E-state index in [1.54, 1.807) is 13.0 Å². The molecule has 1 fully saturated rings. The summed E-state index contributed by atoms with van der Waals surface area (Å²) < 4.78 is 0. The third-order valence-electron chi connectivity index (χ3n) is 3.63. The number of rotatable bonds is 3. The fourth-order valence-electron chi connectivity index (χ4n) is 2.72. The number of aromatic amines is 1. The van der Waals surface area contributed by atoms with Crippen molar-refractivity contribution in [3.8, 4) is 0 Å². The van der Waals surface area contributed by atoms with E-state index in [0.717, 1.165) is 12.2 Å². The average molecular weight is 236 g/mol. The highest BCUT2D eigenvalue weighted by atomic mass is 16.1. The Morgan fingerprint density at radius 2 is 2.35 bits per heavy atom. The van der Waals surface area contributed by atoms with Crippen LogP contribution in [0.3, 0.4) is 0 Å². The maximum atomic E-state index is 11.4. The fourth-order valence-corrected chi connectivity index (χ4v) is 2.72. The van der Waals surface area contributed by atoms with Gasteiger partial charge < -0.3 is 15.6 Å². The van der Waals surface area contributed by atoms with Crippen molar-refractivity contribution in [2.75, 3.05) is 18.5 Å². The molecule has 1 aliphatic carbocycles. The number of nitrogens with zero attached hydrogens (tertiary/aromatic N) is 2. The fraction of sp³-hybridized carbons (Fsp3) is 0.667. The summed E-state index contributed by atoms with van der Waals surface area (Å²) >= 11 is 0. The van der Waals surface area contributed by atoms with Gasteiger partial charge in [0.05, 0.1) is 0 Å². The van der Waals surface area contributed by atoms with Gasteiger partial charge in [-0.2, -0.15) is 0 Å². The van der Waals surface area contributed by atoms with Gasteiger partial charge in [-0.15, -0.1) is 0 Å². The molecular weight excluding hydrogens is 216 g/mol. The zero-order valence-electron chi connectivity index (χ0n) is 10.4. The van der Waals surface area contributed by atoms with Gasteiger partial charge in [0.1, 0.15) is 11.6 Å². The predicted molar refractivity (Wildman–Crippen MR) is 68.2 cm³/mol. The lowest BCUT2D eigenvalue weighted by molar-refractivity contribution is 0.471. The van der Waals surface area contributed by atoms with Gasteiger partial charge in [0.25, 0.3) is 5.56 Å². The van der Waals surface area contributed by atoms with Gasteiger partial charge in [-0.05, 0) is 32.2 Å². The van der Waals surface area contributed by atoms with Crippen molar-refractivity contribution in [1.29, 1.82) is 0 Å². The van der Waals surface area contributed by atoms with Crippen LogP contribution in [0.15, 0.2) is 10.9 Å². The summed E-state index contributed by atoms with van der Waals surface area (Å²) in [6, 6.07) is 1.97. The molecule has 0 saturated heterocycles. The minimum Gasteiger partial charge on any atom is -0.356 e. The highest BCUT2D eigenvalue weighted by molar-refractivity contribution is 5.38. The SMILES string of the molecule is Cc1nc(N(C)C2CCCC2CN)cc(=O)[nH]1. The second kappa shape index (κ2) is 4.87. The average Bonchev–Trinajstić information content (AvgIpc) is 2.74. The molecule has 1 aromatic heterocycles. The van der Waals surface area contributed by atoms with E-state index < -0.39 is 0 Å². The van der Waals surface area contributed by atoms with E-state index in [2.05, 4.69) is 14.9 Å². The maximum Gasteiger partial charge on any atom is 0.252 e. The predicted octanol–water partition coefficient (Wildman–Crippen LogP) is 0.642. The summed E-state index contributed by atoms with van der Waals surface area (Å²) in [6.45, 7) is 2.50. The molecule has 1 saturated carbocycles. The molecular formula is C12H20N4O. The molecule has 0 radical (unpaired) electrons. The van der Waals surface area contributed by atoms with Crippen LogP contribution >= 0.6 is 0 Å². The number of aromatic nitrogens is 2. The number of H-pyrrole nitrogens is 1. The number of aryl methyl sites for hydroxylation is 1. The van der Waals surface area contributed by atoms with Gasteiger partial charge in [0, 0.05) is 19.2 Å². The molecule has 0 aliphatic heterocycles. The van der Waals surface area contributed by atoms with Gasteiger partial charge in [-0.3, -0.25) is 4.79 Å². The minimum absolute atomic E-state index is 0.0957. The number of hydrogen-bond donors (Lipinski definition) is 2. The Balaban J connectivity index is 2.24. The first-order valence-electron chi connectivity index (χ1n) is 6.12. The van der Waals surface area contributed by atoms with Gasteiger partial charge in [-0.25, -0.2) is 4.98 Å². The van der Waals surface area contributed by atoms with Crippen LogP contribution in [0.25, 0.3) is 0 Å². The van der Waals surface area contributed by atoms with E-state index >= 15 is 0 Å². The smallest absolute Gasteiger partial charge is 0.252 e.